The topological polar surface area (TPSA) is 105 Å². The predicted octanol–water partition coefficient (Wildman–Crippen LogP) is 5.44. The molecule has 1 amide bonds. The van der Waals surface area contributed by atoms with E-state index >= 15 is 0 Å². The van der Waals surface area contributed by atoms with Gasteiger partial charge in [0.25, 0.3) is 10.0 Å². The maximum Gasteiger partial charge on any atom is 0.264 e. The third-order valence-corrected chi connectivity index (χ3v) is 7.77. The summed E-state index contributed by atoms with van der Waals surface area (Å²) < 4.78 is 32.2. The second-order valence-corrected chi connectivity index (χ2v) is 11.3. The number of halogens is 1. The van der Waals surface area contributed by atoms with E-state index in [0.717, 1.165) is 11.1 Å². The average molecular weight is 539 g/mol. The van der Waals surface area contributed by atoms with Crippen LogP contribution in [-0.2, 0) is 27.7 Å². The van der Waals surface area contributed by atoms with E-state index in [4.69, 9.17) is 16.1 Å². The van der Waals surface area contributed by atoms with Crippen molar-refractivity contribution in [1.82, 2.24) is 10.1 Å². The van der Waals surface area contributed by atoms with Crippen molar-refractivity contribution in [2.45, 2.75) is 37.5 Å². The van der Waals surface area contributed by atoms with Crippen LogP contribution in [0.25, 0.3) is 0 Å². The molecule has 0 aliphatic heterocycles. The van der Waals surface area contributed by atoms with Crippen LogP contribution in [0.3, 0.4) is 0 Å². The van der Waals surface area contributed by atoms with Crippen LogP contribution in [0.5, 0.6) is 0 Å². The van der Waals surface area contributed by atoms with Crippen molar-refractivity contribution >= 4 is 38.9 Å². The SMILES string of the molecule is CC(C)c1nc(Cc2ccc(NC(=O)Cc3ccc(N(C)S(=O)(=O)c4ccc(Cl)cc4)cc3)cc2)no1. The summed E-state index contributed by atoms with van der Waals surface area (Å²) in [4.78, 5) is 17.1. The lowest BCUT2D eigenvalue weighted by Gasteiger charge is -2.20. The molecule has 3 aromatic carbocycles. The molecule has 0 spiro atoms. The Morgan fingerprint density at radius 3 is 2.19 bits per heavy atom. The van der Waals surface area contributed by atoms with E-state index in [1.54, 1.807) is 24.3 Å². The summed E-state index contributed by atoms with van der Waals surface area (Å²) in [6.45, 7) is 3.99. The van der Waals surface area contributed by atoms with E-state index in [0.29, 0.717) is 34.5 Å². The highest BCUT2D eigenvalue weighted by Crippen LogP contribution is 2.24. The van der Waals surface area contributed by atoms with Crippen molar-refractivity contribution in [2.24, 2.45) is 0 Å². The number of sulfonamides is 1. The minimum absolute atomic E-state index is 0.145. The predicted molar refractivity (Wildman–Crippen MR) is 143 cm³/mol. The molecular weight excluding hydrogens is 512 g/mol. The molecule has 4 aromatic rings. The van der Waals surface area contributed by atoms with Crippen LogP contribution in [-0.4, -0.2) is 31.5 Å². The first-order valence-corrected chi connectivity index (χ1v) is 13.5. The van der Waals surface area contributed by atoms with E-state index in [2.05, 4.69) is 15.5 Å². The Morgan fingerprint density at radius 1 is 0.973 bits per heavy atom. The zero-order valence-electron chi connectivity index (χ0n) is 20.7. The Hall–Kier alpha value is -3.69. The summed E-state index contributed by atoms with van der Waals surface area (Å²) in [6, 6.07) is 20.3. The third-order valence-electron chi connectivity index (χ3n) is 5.71. The van der Waals surface area contributed by atoms with Crippen molar-refractivity contribution in [3.8, 4) is 0 Å². The molecular formula is C27H27ClN4O4S. The van der Waals surface area contributed by atoms with Crippen molar-refractivity contribution in [3.05, 3.63) is 101 Å². The fourth-order valence-corrected chi connectivity index (χ4v) is 4.90. The third kappa shape index (κ3) is 6.55. The van der Waals surface area contributed by atoms with Gasteiger partial charge in [-0.15, -0.1) is 0 Å². The first kappa shape index (κ1) is 26.4. The quantitative estimate of drug-likeness (QED) is 0.304. The molecule has 1 heterocycles. The van der Waals surface area contributed by atoms with Gasteiger partial charge in [-0.1, -0.05) is 54.9 Å². The lowest BCUT2D eigenvalue weighted by Crippen LogP contribution is -2.26. The number of amides is 1. The van der Waals surface area contributed by atoms with E-state index < -0.39 is 10.0 Å². The fourth-order valence-electron chi connectivity index (χ4n) is 3.58. The molecule has 0 atom stereocenters. The Labute approximate surface area is 221 Å². The van der Waals surface area contributed by atoms with Gasteiger partial charge < -0.3 is 9.84 Å². The molecule has 0 saturated heterocycles. The molecule has 0 saturated carbocycles. The molecule has 0 aliphatic carbocycles. The van der Waals surface area contributed by atoms with Gasteiger partial charge in [-0.25, -0.2) is 8.42 Å². The van der Waals surface area contributed by atoms with Crippen molar-refractivity contribution in [3.63, 3.8) is 0 Å². The normalized spacial score (nSPS) is 11.5. The van der Waals surface area contributed by atoms with E-state index in [-0.39, 0.29) is 23.1 Å². The second-order valence-electron chi connectivity index (χ2n) is 8.90. The first-order chi connectivity index (χ1) is 17.6. The van der Waals surface area contributed by atoms with Gasteiger partial charge >= 0.3 is 0 Å². The molecule has 37 heavy (non-hydrogen) atoms. The zero-order chi connectivity index (χ0) is 26.6. The fraction of sp³-hybridized carbons (Fsp3) is 0.222. The first-order valence-electron chi connectivity index (χ1n) is 11.7. The molecule has 10 heteroatoms. The molecule has 192 valence electrons. The van der Waals surface area contributed by atoms with E-state index in [9.17, 15) is 13.2 Å². The summed E-state index contributed by atoms with van der Waals surface area (Å²) >= 11 is 5.87. The van der Waals surface area contributed by atoms with Gasteiger partial charge in [-0.2, -0.15) is 4.98 Å². The number of nitrogens with zero attached hydrogens (tertiary/aromatic N) is 3. The smallest absolute Gasteiger partial charge is 0.264 e. The number of aromatic nitrogens is 2. The molecule has 0 aliphatic rings. The van der Waals surface area contributed by atoms with E-state index in [1.807, 2.05) is 38.1 Å². The number of hydrogen-bond acceptors (Lipinski definition) is 6. The highest BCUT2D eigenvalue weighted by atomic mass is 35.5. The molecule has 0 fully saturated rings. The number of carbonyl (C=O) groups excluding carboxylic acids is 1. The van der Waals surface area contributed by atoms with Gasteiger partial charge in [-0.05, 0) is 59.7 Å². The van der Waals surface area contributed by atoms with E-state index in [1.165, 1.54) is 35.6 Å². The maximum absolute atomic E-state index is 12.9. The summed E-state index contributed by atoms with van der Waals surface area (Å²) in [6.07, 6.45) is 0.690. The molecule has 1 N–H and O–H groups in total. The van der Waals surface area contributed by atoms with Gasteiger partial charge in [-0.3, -0.25) is 9.10 Å². The van der Waals surface area contributed by atoms with Crippen molar-refractivity contribution in [1.29, 1.82) is 0 Å². The largest absolute Gasteiger partial charge is 0.339 e. The Bertz CT molecular complexity index is 1470. The van der Waals surface area contributed by atoms with Gasteiger partial charge in [0, 0.05) is 30.1 Å². The van der Waals surface area contributed by atoms with Gasteiger partial charge in [0.2, 0.25) is 11.8 Å². The molecule has 0 radical (unpaired) electrons. The van der Waals surface area contributed by atoms with Crippen LogP contribution in [0.1, 0.15) is 42.6 Å². The number of nitrogens with one attached hydrogen (secondary N) is 1. The average Bonchev–Trinajstić information content (AvgIpc) is 3.34. The Balaban J connectivity index is 1.33. The van der Waals surface area contributed by atoms with Crippen LogP contribution in [0, 0.1) is 0 Å². The number of benzene rings is 3. The van der Waals surface area contributed by atoms with Crippen LogP contribution in [0.15, 0.2) is 82.2 Å². The Kier molecular flexibility index (Phi) is 7.94. The highest BCUT2D eigenvalue weighted by molar-refractivity contribution is 7.92. The number of carbonyl (C=O) groups is 1. The zero-order valence-corrected chi connectivity index (χ0v) is 22.3. The summed E-state index contributed by atoms with van der Waals surface area (Å²) in [5, 5.41) is 7.35. The highest BCUT2D eigenvalue weighted by Gasteiger charge is 2.21. The monoisotopic (exact) mass is 538 g/mol. The van der Waals surface area contributed by atoms with Gasteiger partial charge in [0.05, 0.1) is 17.0 Å². The Morgan fingerprint density at radius 2 is 1.59 bits per heavy atom. The minimum Gasteiger partial charge on any atom is -0.339 e. The van der Waals surface area contributed by atoms with Gasteiger partial charge in [0.1, 0.15) is 0 Å². The van der Waals surface area contributed by atoms with Crippen LogP contribution in [0.2, 0.25) is 5.02 Å². The molecule has 0 bridgehead atoms. The van der Waals surface area contributed by atoms with Crippen molar-refractivity contribution in [2.75, 3.05) is 16.7 Å². The summed E-state index contributed by atoms with van der Waals surface area (Å²) in [5.74, 6) is 1.23. The molecule has 8 nitrogen and oxygen atoms in total. The van der Waals surface area contributed by atoms with Crippen molar-refractivity contribution < 1.29 is 17.7 Å². The summed E-state index contributed by atoms with van der Waals surface area (Å²) in [5.41, 5.74) is 2.92. The summed E-state index contributed by atoms with van der Waals surface area (Å²) in [7, 11) is -2.25. The lowest BCUT2D eigenvalue weighted by atomic mass is 10.1. The maximum atomic E-state index is 12.9. The second kappa shape index (κ2) is 11.1. The standard InChI is InChI=1S/C27H27ClN4O4S/c1-18(2)27-30-25(31-36-27)16-19-4-10-22(11-5-19)29-26(33)17-20-6-12-23(13-7-20)32(3)37(34,35)24-14-8-21(28)9-15-24/h4-15,18H,16-17H2,1-3H3,(H,29,33). The lowest BCUT2D eigenvalue weighted by molar-refractivity contribution is -0.115. The molecule has 1 aromatic heterocycles. The molecule has 4 rings (SSSR count). The number of rotatable bonds is 9. The van der Waals surface area contributed by atoms with Gasteiger partial charge in [0.15, 0.2) is 5.82 Å². The number of hydrogen-bond donors (Lipinski definition) is 1. The van der Waals surface area contributed by atoms with Crippen LogP contribution >= 0.6 is 11.6 Å². The van der Waals surface area contributed by atoms with Crippen LogP contribution in [0.4, 0.5) is 11.4 Å². The number of anilines is 2. The molecule has 0 unspecified atom stereocenters. The van der Waals surface area contributed by atoms with Crippen LogP contribution < -0.4 is 9.62 Å². The minimum atomic E-state index is -3.73.